The molecule has 1 heterocycles. The summed E-state index contributed by atoms with van der Waals surface area (Å²) in [5.74, 6) is 0. The van der Waals surface area contributed by atoms with E-state index in [1.807, 2.05) is 24.3 Å². The smallest absolute Gasteiger partial charge is 0.0889 e. The molecule has 76 valence electrons. The molecule has 15 heavy (non-hydrogen) atoms. The van der Waals surface area contributed by atoms with Gasteiger partial charge < -0.3 is 5.73 Å². The van der Waals surface area contributed by atoms with Crippen molar-refractivity contribution < 1.29 is 0 Å². The molecule has 0 saturated carbocycles. The van der Waals surface area contributed by atoms with Gasteiger partial charge in [0.05, 0.1) is 17.6 Å². The van der Waals surface area contributed by atoms with Crippen molar-refractivity contribution in [3.8, 4) is 11.3 Å². The second-order valence-electron chi connectivity index (χ2n) is 3.11. The number of aromatic nitrogens is 2. The zero-order valence-corrected chi connectivity index (χ0v) is 9.61. The van der Waals surface area contributed by atoms with Crippen molar-refractivity contribution in [2.24, 2.45) is 5.73 Å². The second kappa shape index (κ2) is 4.51. The Kier molecular flexibility index (Phi) is 3.08. The van der Waals surface area contributed by atoms with Gasteiger partial charge in [-0.15, -0.1) is 0 Å². The van der Waals surface area contributed by atoms with Crippen molar-refractivity contribution in [3.63, 3.8) is 0 Å². The van der Waals surface area contributed by atoms with Gasteiger partial charge in [0.25, 0.3) is 0 Å². The third kappa shape index (κ3) is 2.40. The van der Waals surface area contributed by atoms with E-state index in [2.05, 4.69) is 25.9 Å². The Morgan fingerprint density at radius 1 is 1.27 bits per heavy atom. The zero-order valence-electron chi connectivity index (χ0n) is 8.02. The Morgan fingerprint density at radius 2 is 2.13 bits per heavy atom. The molecule has 0 saturated heterocycles. The topological polar surface area (TPSA) is 51.8 Å². The van der Waals surface area contributed by atoms with Crippen molar-refractivity contribution in [2.45, 2.75) is 6.54 Å². The summed E-state index contributed by atoms with van der Waals surface area (Å²) in [6.45, 7) is 0.412. The molecule has 0 atom stereocenters. The summed E-state index contributed by atoms with van der Waals surface area (Å²) in [7, 11) is 0. The van der Waals surface area contributed by atoms with E-state index in [1.54, 1.807) is 12.4 Å². The lowest BCUT2D eigenvalue weighted by Crippen LogP contribution is -2.01. The molecule has 0 fully saturated rings. The quantitative estimate of drug-likeness (QED) is 0.905. The third-order valence-electron chi connectivity index (χ3n) is 2.01. The van der Waals surface area contributed by atoms with Crippen LogP contribution in [0.15, 0.2) is 41.1 Å². The van der Waals surface area contributed by atoms with Crippen molar-refractivity contribution in [1.82, 2.24) is 9.97 Å². The summed E-state index contributed by atoms with van der Waals surface area (Å²) in [5.41, 5.74) is 8.19. The zero-order chi connectivity index (χ0) is 10.7. The molecule has 0 spiro atoms. The highest BCUT2D eigenvalue weighted by molar-refractivity contribution is 9.10. The van der Waals surface area contributed by atoms with E-state index in [1.165, 1.54) is 0 Å². The van der Waals surface area contributed by atoms with Crippen LogP contribution in [-0.2, 0) is 6.54 Å². The predicted molar refractivity (Wildman–Crippen MR) is 63.1 cm³/mol. The van der Waals surface area contributed by atoms with Gasteiger partial charge in [0, 0.05) is 22.8 Å². The molecule has 0 radical (unpaired) electrons. The van der Waals surface area contributed by atoms with Crippen LogP contribution in [0.1, 0.15) is 5.69 Å². The first kappa shape index (κ1) is 10.3. The van der Waals surface area contributed by atoms with Crippen LogP contribution >= 0.6 is 15.9 Å². The molecule has 2 aromatic rings. The van der Waals surface area contributed by atoms with Gasteiger partial charge in [0.1, 0.15) is 0 Å². The fraction of sp³-hybridized carbons (Fsp3) is 0.0909. The SMILES string of the molecule is NCc1cncc(-c2cccc(Br)c2)n1. The first-order valence-electron chi connectivity index (χ1n) is 4.56. The first-order chi connectivity index (χ1) is 7.29. The van der Waals surface area contributed by atoms with Crippen molar-refractivity contribution in [3.05, 3.63) is 46.8 Å². The van der Waals surface area contributed by atoms with E-state index in [-0.39, 0.29) is 0 Å². The standard InChI is InChI=1S/C11H10BrN3/c12-9-3-1-2-8(4-9)11-7-14-6-10(5-13)15-11/h1-4,6-7H,5,13H2. The van der Waals surface area contributed by atoms with Gasteiger partial charge in [0.15, 0.2) is 0 Å². The van der Waals surface area contributed by atoms with E-state index in [0.717, 1.165) is 21.4 Å². The Bertz CT molecular complexity index is 471. The van der Waals surface area contributed by atoms with Crippen LogP contribution in [0.3, 0.4) is 0 Å². The number of nitrogens with zero attached hydrogens (tertiary/aromatic N) is 2. The molecule has 0 amide bonds. The number of hydrogen-bond acceptors (Lipinski definition) is 3. The lowest BCUT2D eigenvalue weighted by atomic mass is 10.1. The molecule has 0 unspecified atom stereocenters. The summed E-state index contributed by atoms with van der Waals surface area (Å²) >= 11 is 3.42. The molecule has 4 heteroatoms. The van der Waals surface area contributed by atoms with Gasteiger partial charge in [-0.1, -0.05) is 28.1 Å². The average Bonchev–Trinajstić information content (AvgIpc) is 2.29. The normalized spacial score (nSPS) is 10.3. The molecular formula is C11H10BrN3. The molecule has 2 N–H and O–H groups in total. The van der Waals surface area contributed by atoms with E-state index in [0.29, 0.717) is 6.54 Å². The van der Waals surface area contributed by atoms with E-state index in [4.69, 9.17) is 5.73 Å². The predicted octanol–water partition coefficient (Wildman–Crippen LogP) is 2.36. The number of nitrogens with two attached hydrogens (primary N) is 1. The van der Waals surface area contributed by atoms with Gasteiger partial charge in [0.2, 0.25) is 0 Å². The lowest BCUT2D eigenvalue weighted by molar-refractivity contribution is 0.967. The summed E-state index contributed by atoms with van der Waals surface area (Å²) in [4.78, 5) is 8.50. The summed E-state index contributed by atoms with van der Waals surface area (Å²) in [6.07, 6.45) is 3.42. The fourth-order valence-electron chi connectivity index (χ4n) is 1.29. The Hall–Kier alpha value is -1.26. The van der Waals surface area contributed by atoms with Gasteiger partial charge in [-0.25, -0.2) is 4.98 Å². The van der Waals surface area contributed by atoms with E-state index < -0.39 is 0 Å². The molecule has 2 rings (SSSR count). The summed E-state index contributed by atoms with van der Waals surface area (Å²) in [5, 5.41) is 0. The number of rotatable bonds is 2. The third-order valence-corrected chi connectivity index (χ3v) is 2.51. The van der Waals surface area contributed by atoms with Gasteiger partial charge >= 0.3 is 0 Å². The van der Waals surface area contributed by atoms with Crippen molar-refractivity contribution in [2.75, 3.05) is 0 Å². The molecule has 0 bridgehead atoms. The van der Waals surface area contributed by atoms with Crippen LogP contribution in [0, 0.1) is 0 Å². The van der Waals surface area contributed by atoms with Gasteiger partial charge in [-0.2, -0.15) is 0 Å². The molecule has 0 aliphatic rings. The highest BCUT2D eigenvalue weighted by atomic mass is 79.9. The molecular weight excluding hydrogens is 254 g/mol. The number of hydrogen-bond donors (Lipinski definition) is 1. The highest BCUT2D eigenvalue weighted by Gasteiger charge is 2.01. The van der Waals surface area contributed by atoms with E-state index >= 15 is 0 Å². The molecule has 0 aliphatic heterocycles. The minimum atomic E-state index is 0.412. The maximum absolute atomic E-state index is 5.51. The van der Waals surface area contributed by atoms with Crippen LogP contribution < -0.4 is 5.73 Å². The summed E-state index contributed by atoms with van der Waals surface area (Å²) in [6, 6.07) is 7.94. The lowest BCUT2D eigenvalue weighted by Gasteiger charge is -2.02. The minimum absolute atomic E-state index is 0.412. The van der Waals surface area contributed by atoms with Crippen LogP contribution in [0.25, 0.3) is 11.3 Å². The molecule has 3 nitrogen and oxygen atoms in total. The molecule has 1 aromatic heterocycles. The van der Waals surface area contributed by atoms with Gasteiger partial charge in [-0.05, 0) is 12.1 Å². The Labute approximate surface area is 96.5 Å². The van der Waals surface area contributed by atoms with Crippen LogP contribution in [0.2, 0.25) is 0 Å². The fourth-order valence-corrected chi connectivity index (χ4v) is 1.69. The maximum atomic E-state index is 5.51. The largest absolute Gasteiger partial charge is 0.325 e. The maximum Gasteiger partial charge on any atom is 0.0889 e. The van der Waals surface area contributed by atoms with Gasteiger partial charge in [-0.3, -0.25) is 4.98 Å². The highest BCUT2D eigenvalue weighted by Crippen LogP contribution is 2.20. The van der Waals surface area contributed by atoms with Crippen molar-refractivity contribution >= 4 is 15.9 Å². The average molecular weight is 264 g/mol. The van der Waals surface area contributed by atoms with Crippen LogP contribution in [0.5, 0.6) is 0 Å². The second-order valence-corrected chi connectivity index (χ2v) is 4.03. The molecule has 1 aromatic carbocycles. The molecule has 0 aliphatic carbocycles. The van der Waals surface area contributed by atoms with E-state index in [9.17, 15) is 0 Å². The monoisotopic (exact) mass is 263 g/mol. The van der Waals surface area contributed by atoms with Crippen LogP contribution in [-0.4, -0.2) is 9.97 Å². The number of halogens is 1. The number of benzene rings is 1. The Balaban J connectivity index is 2.44. The minimum Gasteiger partial charge on any atom is -0.325 e. The Morgan fingerprint density at radius 3 is 2.87 bits per heavy atom. The van der Waals surface area contributed by atoms with Crippen LogP contribution in [0.4, 0.5) is 0 Å². The van der Waals surface area contributed by atoms with Crippen molar-refractivity contribution in [1.29, 1.82) is 0 Å². The first-order valence-corrected chi connectivity index (χ1v) is 5.36. The summed E-state index contributed by atoms with van der Waals surface area (Å²) < 4.78 is 1.03.